The molecule has 6 heteroatoms. The largest absolute Gasteiger partial charge is 0.489 e. The summed E-state index contributed by atoms with van der Waals surface area (Å²) in [6, 6.07) is 37.7. The summed E-state index contributed by atoms with van der Waals surface area (Å²) in [4.78, 5) is 18.1. The topological polar surface area (TPSA) is 44.8 Å². The SMILES string of the molecule is O=C(NC1CCCN(Cc2ccccc2)C1)c1ccc(OC2CCN(CC(c3ccccc3)c3ccccc3)CC2)c(Cl)c1. The highest BCUT2D eigenvalue weighted by Gasteiger charge is 2.26. The van der Waals surface area contributed by atoms with Crippen LogP contribution >= 0.6 is 11.6 Å². The minimum atomic E-state index is -0.0790. The zero-order chi connectivity index (χ0) is 30.1. The Hall–Kier alpha value is -3.64. The lowest BCUT2D eigenvalue weighted by molar-refractivity contribution is 0.0900. The van der Waals surface area contributed by atoms with Gasteiger partial charge in [-0.3, -0.25) is 9.69 Å². The van der Waals surface area contributed by atoms with Crippen molar-refractivity contribution in [2.45, 2.75) is 50.3 Å². The molecule has 5 nitrogen and oxygen atoms in total. The predicted octanol–water partition coefficient (Wildman–Crippen LogP) is 7.41. The van der Waals surface area contributed by atoms with Crippen molar-refractivity contribution in [3.8, 4) is 5.75 Å². The van der Waals surface area contributed by atoms with E-state index in [0.717, 1.165) is 65.0 Å². The lowest BCUT2D eigenvalue weighted by atomic mass is 9.90. The third-order valence-corrected chi connectivity index (χ3v) is 9.25. The van der Waals surface area contributed by atoms with Crippen LogP contribution in [0.15, 0.2) is 109 Å². The third kappa shape index (κ3) is 8.09. The van der Waals surface area contributed by atoms with Crippen molar-refractivity contribution in [1.82, 2.24) is 15.1 Å². The normalized spacial score (nSPS) is 18.3. The fourth-order valence-electron chi connectivity index (χ4n) is 6.59. The van der Waals surface area contributed by atoms with E-state index in [2.05, 4.69) is 100 Å². The smallest absolute Gasteiger partial charge is 0.251 e. The Balaban J connectivity index is 0.996. The van der Waals surface area contributed by atoms with Crippen molar-refractivity contribution >= 4 is 17.5 Å². The molecule has 4 aromatic rings. The van der Waals surface area contributed by atoms with Crippen LogP contribution < -0.4 is 10.1 Å². The molecule has 6 rings (SSSR count). The molecule has 2 saturated heterocycles. The van der Waals surface area contributed by atoms with Gasteiger partial charge in [0.2, 0.25) is 0 Å². The Labute approximate surface area is 266 Å². The molecule has 2 aliphatic heterocycles. The van der Waals surface area contributed by atoms with Gasteiger partial charge in [-0.05, 0) is 67.1 Å². The number of amides is 1. The van der Waals surface area contributed by atoms with Gasteiger partial charge in [0.25, 0.3) is 5.91 Å². The predicted molar refractivity (Wildman–Crippen MR) is 178 cm³/mol. The molecule has 1 N–H and O–H groups in total. The molecule has 2 heterocycles. The molecule has 1 amide bonds. The highest BCUT2D eigenvalue weighted by Crippen LogP contribution is 2.30. The second-order valence-electron chi connectivity index (χ2n) is 12.2. The fraction of sp³-hybridized carbons (Fsp3) is 0.342. The minimum Gasteiger partial charge on any atom is -0.489 e. The number of nitrogens with zero attached hydrogens (tertiary/aromatic N) is 2. The molecule has 1 unspecified atom stereocenters. The molecule has 0 spiro atoms. The summed E-state index contributed by atoms with van der Waals surface area (Å²) >= 11 is 6.66. The third-order valence-electron chi connectivity index (χ3n) is 8.96. The number of hydrogen-bond donors (Lipinski definition) is 1. The number of carbonyl (C=O) groups is 1. The highest BCUT2D eigenvalue weighted by molar-refractivity contribution is 6.32. The average Bonchev–Trinajstić information content (AvgIpc) is 3.07. The fourth-order valence-corrected chi connectivity index (χ4v) is 6.81. The van der Waals surface area contributed by atoms with Crippen LogP contribution in [0, 0.1) is 0 Å². The van der Waals surface area contributed by atoms with Crippen LogP contribution in [0.1, 0.15) is 58.6 Å². The second kappa shape index (κ2) is 14.9. The maximum absolute atomic E-state index is 13.1. The van der Waals surface area contributed by atoms with Crippen LogP contribution in [0.25, 0.3) is 0 Å². The number of carbonyl (C=O) groups excluding carboxylic acids is 1. The number of likely N-dealkylation sites (tertiary alicyclic amines) is 2. The number of nitrogens with one attached hydrogen (secondary N) is 1. The van der Waals surface area contributed by atoms with Crippen LogP contribution in [0.4, 0.5) is 0 Å². The lowest BCUT2D eigenvalue weighted by Gasteiger charge is -2.35. The van der Waals surface area contributed by atoms with Gasteiger partial charge < -0.3 is 15.0 Å². The number of piperidine rings is 2. The van der Waals surface area contributed by atoms with Gasteiger partial charge >= 0.3 is 0 Å². The van der Waals surface area contributed by atoms with E-state index in [1.807, 2.05) is 18.2 Å². The van der Waals surface area contributed by atoms with Crippen molar-refractivity contribution < 1.29 is 9.53 Å². The van der Waals surface area contributed by atoms with Crippen LogP contribution in [-0.4, -0.2) is 60.6 Å². The van der Waals surface area contributed by atoms with Gasteiger partial charge in [-0.15, -0.1) is 0 Å². The maximum Gasteiger partial charge on any atom is 0.251 e. The van der Waals surface area contributed by atoms with Gasteiger partial charge in [0.15, 0.2) is 0 Å². The van der Waals surface area contributed by atoms with Crippen molar-refractivity contribution in [3.05, 3.63) is 136 Å². The summed E-state index contributed by atoms with van der Waals surface area (Å²) in [6.07, 6.45) is 4.05. The van der Waals surface area contributed by atoms with Gasteiger partial charge in [-0.2, -0.15) is 0 Å². The molecule has 0 radical (unpaired) electrons. The van der Waals surface area contributed by atoms with E-state index >= 15 is 0 Å². The average molecular weight is 608 g/mol. The number of ether oxygens (including phenoxy) is 1. The van der Waals surface area contributed by atoms with Crippen LogP contribution in [0.3, 0.4) is 0 Å². The molecule has 4 aromatic carbocycles. The first-order chi connectivity index (χ1) is 21.6. The number of hydrogen-bond acceptors (Lipinski definition) is 4. The van der Waals surface area contributed by atoms with Gasteiger partial charge in [0.05, 0.1) is 5.02 Å². The molecule has 2 aliphatic rings. The van der Waals surface area contributed by atoms with E-state index in [1.54, 1.807) is 6.07 Å². The van der Waals surface area contributed by atoms with Crippen molar-refractivity contribution in [2.75, 3.05) is 32.7 Å². The van der Waals surface area contributed by atoms with E-state index in [1.165, 1.54) is 16.7 Å². The van der Waals surface area contributed by atoms with E-state index in [-0.39, 0.29) is 18.1 Å². The molecule has 0 aromatic heterocycles. The number of benzene rings is 4. The Morgan fingerprint density at radius 1 is 0.795 bits per heavy atom. The Bertz CT molecular complexity index is 1440. The van der Waals surface area contributed by atoms with Crippen LogP contribution in [-0.2, 0) is 6.54 Å². The molecule has 2 fully saturated rings. The molecule has 228 valence electrons. The van der Waals surface area contributed by atoms with Crippen LogP contribution in [0.2, 0.25) is 5.02 Å². The first kappa shape index (κ1) is 30.4. The zero-order valence-electron chi connectivity index (χ0n) is 25.3. The summed E-state index contributed by atoms with van der Waals surface area (Å²) in [6.45, 7) is 5.74. The van der Waals surface area contributed by atoms with Gasteiger partial charge in [0, 0.05) is 50.2 Å². The molecule has 0 aliphatic carbocycles. The van der Waals surface area contributed by atoms with E-state index in [9.17, 15) is 4.79 Å². The summed E-state index contributed by atoms with van der Waals surface area (Å²) in [5.74, 6) is 0.910. The summed E-state index contributed by atoms with van der Waals surface area (Å²) < 4.78 is 6.37. The first-order valence-corrected chi connectivity index (χ1v) is 16.3. The second-order valence-corrected chi connectivity index (χ2v) is 12.6. The van der Waals surface area contributed by atoms with E-state index in [4.69, 9.17) is 16.3 Å². The maximum atomic E-state index is 13.1. The summed E-state index contributed by atoms with van der Waals surface area (Å²) in [5.41, 5.74) is 4.57. The minimum absolute atomic E-state index is 0.0790. The first-order valence-electron chi connectivity index (χ1n) is 16.0. The summed E-state index contributed by atoms with van der Waals surface area (Å²) in [7, 11) is 0. The van der Waals surface area contributed by atoms with Gasteiger partial charge in [-0.25, -0.2) is 0 Å². The lowest BCUT2D eigenvalue weighted by Crippen LogP contribution is -2.47. The molecular formula is C38H42ClN3O2. The zero-order valence-corrected chi connectivity index (χ0v) is 26.0. The molecule has 44 heavy (non-hydrogen) atoms. The van der Waals surface area contributed by atoms with E-state index < -0.39 is 0 Å². The van der Waals surface area contributed by atoms with Gasteiger partial charge in [0.1, 0.15) is 11.9 Å². The molecule has 1 atom stereocenters. The summed E-state index contributed by atoms with van der Waals surface area (Å²) in [5, 5.41) is 3.73. The molecular weight excluding hydrogens is 566 g/mol. The van der Waals surface area contributed by atoms with Crippen molar-refractivity contribution in [1.29, 1.82) is 0 Å². The Kier molecular flexibility index (Phi) is 10.3. The van der Waals surface area contributed by atoms with Crippen molar-refractivity contribution in [2.24, 2.45) is 0 Å². The van der Waals surface area contributed by atoms with E-state index in [0.29, 0.717) is 22.3 Å². The van der Waals surface area contributed by atoms with Gasteiger partial charge in [-0.1, -0.05) is 103 Å². The monoisotopic (exact) mass is 607 g/mol. The molecule has 0 bridgehead atoms. The van der Waals surface area contributed by atoms with Crippen LogP contribution in [0.5, 0.6) is 5.75 Å². The Morgan fingerprint density at radius 2 is 1.43 bits per heavy atom. The van der Waals surface area contributed by atoms with Crippen molar-refractivity contribution in [3.63, 3.8) is 0 Å². The quantitative estimate of drug-likeness (QED) is 0.204. The Morgan fingerprint density at radius 3 is 2.07 bits per heavy atom. The molecule has 0 saturated carbocycles. The highest BCUT2D eigenvalue weighted by atomic mass is 35.5. The number of halogens is 1. The number of rotatable bonds is 10. The standard InChI is InChI=1S/C38H42ClN3O2/c39-36-25-32(38(43)40-33-17-10-22-42(27-33)26-29-11-4-1-5-12-29)18-19-37(36)44-34-20-23-41(24-21-34)28-35(30-13-6-2-7-14-30)31-15-8-3-9-16-31/h1-9,11-16,18-19,25,33-35H,10,17,20-24,26-28H2,(H,40,43).